The number of nitrogens with zero attached hydrogens (tertiary/aromatic N) is 2. The van der Waals surface area contributed by atoms with E-state index in [1.807, 2.05) is 24.3 Å². The normalized spacial score (nSPS) is 10.1. The predicted octanol–water partition coefficient (Wildman–Crippen LogP) is 2.79. The van der Waals surface area contributed by atoms with Crippen LogP contribution in [0.3, 0.4) is 0 Å². The first kappa shape index (κ1) is 15.3. The molecule has 0 unspecified atom stereocenters. The third kappa shape index (κ3) is 3.94. The second-order valence-corrected chi connectivity index (χ2v) is 5.26. The van der Waals surface area contributed by atoms with Crippen LogP contribution in [-0.4, -0.2) is 25.8 Å². The fraction of sp³-hybridized carbons (Fsp3) is 0.333. The second-order valence-electron chi connectivity index (χ2n) is 4.18. The Kier molecular flexibility index (Phi) is 5.55. The minimum absolute atomic E-state index is 0.354. The van der Waals surface area contributed by atoms with Crippen LogP contribution < -0.4 is 9.47 Å². The average Bonchev–Trinajstić information content (AvgIpc) is 2.90. The summed E-state index contributed by atoms with van der Waals surface area (Å²) in [5.41, 5.74) is 0.692. The molecule has 0 amide bonds. The molecule has 0 spiro atoms. The van der Waals surface area contributed by atoms with Gasteiger partial charge in [0, 0.05) is 13.5 Å². The van der Waals surface area contributed by atoms with Crippen molar-refractivity contribution < 1.29 is 14.2 Å². The number of ether oxygens (including phenoxy) is 3. The molecule has 1 aromatic heterocycles. The molecule has 21 heavy (non-hydrogen) atoms. The van der Waals surface area contributed by atoms with Crippen molar-refractivity contribution in [2.45, 2.75) is 13.0 Å². The fourth-order valence-corrected chi connectivity index (χ4v) is 2.66. The molecule has 2 rings (SSSR count). The van der Waals surface area contributed by atoms with Crippen molar-refractivity contribution in [1.82, 2.24) is 4.98 Å². The SMILES string of the molecule is COCc1nc(CCOc2ccccc2OC)sc1C#N. The molecule has 0 aliphatic heterocycles. The number of hydrogen-bond acceptors (Lipinski definition) is 6. The summed E-state index contributed by atoms with van der Waals surface area (Å²) in [6.07, 6.45) is 0.640. The van der Waals surface area contributed by atoms with Gasteiger partial charge in [0.1, 0.15) is 10.9 Å². The van der Waals surface area contributed by atoms with Gasteiger partial charge in [-0.15, -0.1) is 11.3 Å². The molecule has 0 radical (unpaired) electrons. The third-order valence-electron chi connectivity index (χ3n) is 2.77. The Labute approximate surface area is 127 Å². The summed E-state index contributed by atoms with van der Waals surface area (Å²) >= 11 is 1.38. The Balaban J connectivity index is 1.96. The Morgan fingerprint density at radius 2 is 2.00 bits per heavy atom. The van der Waals surface area contributed by atoms with Gasteiger partial charge in [-0.2, -0.15) is 5.26 Å². The van der Waals surface area contributed by atoms with Gasteiger partial charge in [-0.3, -0.25) is 0 Å². The van der Waals surface area contributed by atoms with Crippen molar-refractivity contribution in [1.29, 1.82) is 5.26 Å². The molecule has 110 valence electrons. The molecule has 0 saturated carbocycles. The monoisotopic (exact) mass is 304 g/mol. The van der Waals surface area contributed by atoms with E-state index in [0.717, 1.165) is 5.01 Å². The smallest absolute Gasteiger partial charge is 0.161 e. The van der Waals surface area contributed by atoms with Crippen molar-refractivity contribution in [3.63, 3.8) is 0 Å². The van der Waals surface area contributed by atoms with Crippen LogP contribution in [0, 0.1) is 11.3 Å². The maximum absolute atomic E-state index is 9.05. The zero-order chi connectivity index (χ0) is 15.1. The molecular formula is C15H16N2O3S. The van der Waals surface area contributed by atoms with Crippen molar-refractivity contribution in [2.24, 2.45) is 0 Å². The molecule has 1 aromatic carbocycles. The topological polar surface area (TPSA) is 64.4 Å². The number of methoxy groups -OCH3 is 2. The first-order valence-electron chi connectivity index (χ1n) is 6.42. The van der Waals surface area contributed by atoms with Gasteiger partial charge in [-0.05, 0) is 12.1 Å². The Hall–Kier alpha value is -2.10. The lowest BCUT2D eigenvalue weighted by Gasteiger charge is -2.09. The van der Waals surface area contributed by atoms with Gasteiger partial charge in [0.15, 0.2) is 11.5 Å². The lowest BCUT2D eigenvalue weighted by atomic mass is 10.3. The lowest BCUT2D eigenvalue weighted by molar-refractivity contribution is 0.181. The van der Waals surface area contributed by atoms with Crippen molar-refractivity contribution in [3.05, 3.63) is 39.8 Å². The highest BCUT2D eigenvalue weighted by Gasteiger charge is 2.11. The highest BCUT2D eigenvalue weighted by atomic mass is 32.1. The third-order valence-corrected chi connectivity index (χ3v) is 3.83. The molecule has 2 aromatic rings. The molecule has 0 aliphatic carbocycles. The summed E-state index contributed by atoms with van der Waals surface area (Å²) < 4.78 is 16.0. The number of rotatable bonds is 7. The van der Waals surface area contributed by atoms with Gasteiger partial charge in [0.05, 0.1) is 31.0 Å². The van der Waals surface area contributed by atoms with E-state index < -0.39 is 0 Å². The summed E-state index contributed by atoms with van der Waals surface area (Å²) in [4.78, 5) is 5.01. The van der Waals surface area contributed by atoms with Gasteiger partial charge >= 0.3 is 0 Å². The highest BCUT2D eigenvalue weighted by molar-refractivity contribution is 7.12. The van der Waals surface area contributed by atoms with Crippen LogP contribution in [0.25, 0.3) is 0 Å². The maximum atomic E-state index is 9.05. The maximum Gasteiger partial charge on any atom is 0.161 e. The summed E-state index contributed by atoms with van der Waals surface area (Å²) in [6.45, 7) is 0.831. The van der Waals surface area contributed by atoms with E-state index in [-0.39, 0.29) is 0 Å². The van der Waals surface area contributed by atoms with Crippen LogP contribution in [0.15, 0.2) is 24.3 Å². The molecule has 0 fully saturated rings. The number of para-hydroxylation sites is 2. The van der Waals surface area contributed by atoms with E-state index >= 15 is 0 Å². The van der Waals surface area contributed by atoms with Crippen LogP contribution in [0.2, 0.25) is 0 Å². The molecule has 0 atom stereocenters. The second kappa shape index (κ2) is 7.62. The molecule has 1 heterocycles. The Morgan fingerprint density at radius 3 is 2.67 bits per heavy atom. The number of nitriles is 1. The summed E-state index contributed by atoms with van der Waals surface area (Å²) in [6, 6.07) is 9.64. The molecular weight excluding hydrogens is 288 g/mol. The van der Waals surface area contributed by atoms with E-state index in [4.69, 9.17) is 19.5 Å². The number of benzene rings is 1. The van der Waals surface area contributed by atoms with Crippen LogP contribution in [0.1, 0.15) is 15.6 Å². The van der Waals surface area contributed by atoms with Crippen molar-refractivity contribution in [3.8, 4) is 17.6 Å². The molecule has 0 N–H and O–H groups in total. The van der Waals surface area contributed by atoms with Crippen LogP contribution in [-0.2, 0) is 17.8 Å². The number of hydrogen-bond donors (Lipinski definition) is 0. The number of aromatic nitrogens is 1. The quantitative estimate of drug-likeness (QED) is 0.787. The zero-order valence-electron chi connectivity index (χ0n) is 12.0. The van der Waals surface area contributed by atoms with E-state index in [2.05, 4.69) is 11.1 Å². The van der Waals surface area contributed by atoms with E-state index in [0.29, 0.717) is 41.7 Å². The van der Waals surface area contributed by atoms with Crippen molar-refractivity contribution >= 4 is 11.3 Å². The lowest BCUT2D eigenvalue weighted by Crippen LogP contribution is -2.02. The van der Waals surface area contributed by atoms with E-state index in [1.54, 1.807) is 14.2 Å². The first-order valence-corrected chi connectivity index (χ1v) is 7.23. The fourth-order valence-electron chi connectivity index (χ4n) is 1.82. The molecule has 0 aliphatic rings. The van der Waals surface area contributed by atoms with Crippen molar-refractivity contribution in [2.75, 3.05) is 20.8 Å². The van der Waals surface area contributed by atoms with Gasteiger partial charge in [-0.1, -0.05) is 12.1 Å². The molecule has 0 saturated heterocycles. The summed E-state index contributed by atoms with van der Waals surface area (Å²) in [5, 5.41) is 9.92. The minimum Gasteiger partial charge on any atom is -0.493 e. The summed E-state index contributed by atoms with van der Waals surface area (Å²) in [7, 11) is 3.20. The van der Waals surface area contributed by atoms with Gasteiger partial charge in [0.2, 0.25) is 0 Å². The van der Waals surface area contributed by atoms with Crippen LogP contribution >= 0.6 is 11.3 Å². The predicted molar refractivity (Wildman–Crippen MR) is 79.7 cm³/mol. The molecule has 6 heteroatoms. The number of thiazole rings is 1. The van der Waals surface area contributed by atoms with Crippen LogP contribution in [0.5, 0.6) is 11.5 Å². The highest BCUT2D eigenvalue weighted by Crippen LogP contribution is 2.26. The molecule has 5 nitrogen and oxygen atoms in total. The Bertz CT molecular complexity index is 634. The van der Waals surface area contributed by atoms with Crippen LogP contribution in [0.4, 0.5) is 0 Å². The van der Waals surface area contributed by atoms with E-state index in [9.17, 15) is 0 Å². The largest absolute Gasteiger partial charge is 0.493 e. The van der Waals surface area contributed by atoms with E-state index in [1.165, 1.54) is 11.3 Å². The average molecular weight is 304 g/mol. The first-order chi connectivity index (χ1) is 10.3. The zero-order valence-corrected chi connectivity index (χ0v) is 12.8. The standard InChI is InChI=1S/C15H16N2O3S/c1-18-10-11-14(9-16)21-15(17-11)7-8-20-13-6-4-3-5-12(13)19-2/h3-6H,7-8,10H2,1-2H3. The summed E-state index contributed by atoms with van der Waals surface area (Å²) in [5.74, 6) is 1.41. The minimum atomic E-state index is 0.354. The Morgan fingerprint density at radius 1 is 1.24 bits per heavy atom. The van der Waals surface area contributed by atoms with Gasteiger partial charge in [-0.25, -0.2) is 4.98 Å². The van der Waals surface area contributed by atoms with Gasteiger partial charge < -0.3 is 14.2 Å². The molecule has 0 bridgehead atoms. The van der Waals surface area contributed by atoms with Gasteiger partial charge in [0.25, 0.3) is 0 Å².